The summed E-state index contributed by atoms with van der Waals surface area (Å²) in [6.45, 7) is 8.98. The summed E-state index contributed by atoms with van der Waals surface area (Å²) >= 11 is 0. The van der Waals surface area contributed by atoms with Gasteiger partial charge in [-0.15, -0.1) is 0 Å². The van der Waals surface area contributed by atoms with Crippen molar-refractivity contribution in [1.29, 1.82) is 0 Å². The summed E-state index contributed by atoms with van der Waals surface area (Å²) in [5.74, 6) is 0.473. The van der Waals surface area contributed by atoms with Gasteiger partial charge in [0.15, 0.2) is 0 Å². The largest absolute Gasteiger partial charge is 0.331 e. The summed E-state index contributed by atoms with van der Waals surface area (Å²) in [4.78, 5) is 15.1. The monoisotopic (exact) mass is 457 g/mol. The Balaban J connectivity index is 1.79. The number of benzene rings is 3. The van der Waals surface area contributed by atoms with Crippen molar-refractivity contribution < 1.29 is 4.79 Å². The summed E-state index contributed by atoms with van der Waals surface area (Å²) in [5.41, 5.74) is 12.0. The summed E-state index contributed by atoms with van der Waals surface area (Å²) in [7, 11) is 0. The fraction of sp³-hybridized carbons (Fsp3) is 0.367. The predicted octanol–water partition coefficient (Wildman–Crippen LogP) is 6.96. The molecule has 2 atom stereocenters. The van der Waals surface area contributed by atoms with Gasteiger partial charge in [-0.1, -0.05) is 93.9 Å². The lowest BCUT2D eigenvalue weighted by molar-refractivity contribution is 0.242. The van der Waals surface area contributed by atoms with Crippen LogP contribution < -0.4 is 16.0 Å². The van der Waals surface area contributed by atoms with Crippen LogP contribution >= 0.6 is 0 Å². The lowest BCUT2D eigenvalue weighted by Gasteiger charge is -2.29. The normalized spacial score (nSPS) is 12.9. The van der Waals surface area contributed by atoms with E-state index in [4.69, 9.17) is 5.73 Å². The highest BCUT2D eigenvalue weighted by Crippen LogP contribution is 2.25. The molecule has 3 aromatic carbocycles. The number of nitrogens with zero attached hydrogens (tertiary/aromatic N) is 1. The van der Waals surface area contributed by atoms with Crippen molar-refractivity contribution in [2.24, 2.45) is 11.7 Å². The Labute approximate surface area is 205 Å². The van der Waals surface area contributed by atoms with Gasteiger partial charge >= 0.3 is 6.03 Å². The van der Waals surface area contributed by atoms with E-state index in [1.807, 2.05) is 49.4 Å². The molecular formula is C30H39N3O. The topological polar surface area (TPSA) is 58.4 Å². The van der Waals surface area contributed by atoms with Crippen LogP contribution in [0.5, 0.6) is 0 Å². The molecule has 4 heteroatoms. The van der Waals surface area contributed by atoms with Crippen LogP contribution in [0.1, 0.15) is 57.7 Å². The summed E-state index contributed by atoms with van der Waals surface area (Å²) in [6.07, 6.45) is 3.11. The first-order valence-electron chi connectivity index (χ1n) is 12.4. The van der Waals surface area contributed by atoms with Gasteiger partial charge in [-0.3, -0.25) is 4.90 Å². The Bertz CT molecular complexity index is 1010. The van der Waals surface area contributed by atoms with E-state index >= 15 is 0 Å². The number of carbonyl (C=O) groups is 1. The van der Waals surface area contributed by atoms with Crippen LogP contribution in [0, 0.1) is 5.92 Å². The zero-order valence-electron chi connectivity index (χ0n) is 21.0. The van der Waals surface area contributed by atoms with Crippen molar-refractivity contribution in [2.45, 2.75) is 59.0 Å². The molecule has 0 spiro atoms. The van der Waals surface area contributed by atoms with E-state index < -0.39 is 0 Å². The van der Waals surface area contributed by atoms with Gasteiger partial charge in [0.25, 0.3) is 0 Å². The van der Waals surface area contributed by atoms with Crippen molar-refractivity contribution in [1.82, 2.24) is 5.32 Å². The highest BCUT2D eigenvalue weighted by atomic mass is 16.2. The molecule has 0 aromatic heterocycles. The van der Waals surface area contributed by atoms with Crippen LogP contribution in [0.4, 0.5) is 10.5 Å². The molecule has 4 nitrogen and oxygen atoms in total. The second-order valence-corrected chi connectivity index (χ2v) is 9.58. The molecule has 0 radical (unpaired) electrons. The zero-order chi connectivity index (χ0) is 24.5. The van der Waals surface area contributed by atoms with Gasteiger partial charge in [-0.2, -0.15) is 0 Å². The summed E-state index contributed by atoms with van der Waals surface area (Å²) in [6, 6.07) is 26.6. The van der Waals surface area contributed by atoms with E-state index in [9.17, 15) is 4.79 Å². The third-order valence-electron chi connectivity index (χ3n) is 6.08. The summed E-state index contributed by atoms with van der Waals surface area (Å²) in [5, 5.41) is 3.15. The third kappa shape index (κ3) is 7.19. The molecule has 34 heavy (non-hydrogen) atoms. The first-order valence-corrected chi connectivity index (χ1v) is 12.4. The molecule has 2 unspecified atom stereocenters. The molecule has 3 aromatic rings. The van der Waals surface area contributed by atoms with Crippen LogP contribution in [-0.2, 0) is 6.42 Å². The molecule has 0 heterocycles. The molecular weight excluding hydrogens is 418 g/mol. The molecule has 0 bridgehead atoms. The van der Waals surface area contributed by atoms with Gasteiger partial charge in [-0.05, 0) is 60.1 Å². The van der Waals surface area contributed by atoms with E-state index in [1.54, 1.807) is 4.90 Å². The quantitative estimate of drug-likeness (QED) is 0.346. The molecule has 0 aliphatic heterocycles. The average molecular weight is 458 g/mol. The molecule has 0 fully saturated rings. The van der Waals surface area contributed by atoms with E-state index in [0.717, 1.165) is 36.1 Å². The highest BCUT2D eigenvalue weighted by molar-refractivity contribution is 5.92. The number of nitrogens with one attached hydrogen (secondary N) is 1. The Morgan fingerprint density at radius 3 is 2.03 bits per heavy atom. The van der Waals surface area contributed by atoms with E-state index in [1.165, 1.54) is 11.1 Å². The average Bonchev–Trinajstić information content (AvgIpc) is 2.83. The molecule has 0 saturated carbocycles. The molecule has 2 amide bonds. The van der Waals surface area contributed by atoms with Crippen LogP contribution in [0.25, 0.3) is 11.1 Å². The fourth-order valence-electron chi connectivity index (χ4n) is 4.29. The predicted molar refractivity (Wildman–Crippen MR) is 144 cm³/mol. The van der Waals surface area contributed by atoms with Crippen molar-refractivity contribution in [3.05, 3.63) is 90.0 Å². The maximum Gasteiger partial charge on any atom is 0.322 e. The van der Waals surface area contributed by atoms with Gasteiger partial charge in [0.2, 0.25) is 0 Å². The van der Waals surface area contributed by atoms with Gasteiger partial charge in [0, 0.05) is 18.3 Å². The number of hydrogen-bond donors (Lipinski definition) is 2. The van der Waals surface area contributed by atoms with E-state index in [2.05, 4.69) is 62.5 Å². The molecule has 180 valence electrons. The van der Waals surface area contributed by atoms with E-state index in [-0.39, 0.29) is 18.1 Å². The smallest absolute Gasteiger partial charge is 0.322 e. The molecule has 0 saturated heterocycles. The van der Waals surface area contributed by atoms with Gasteiger partial charge in [-0.25, -0.2) is 4.79 Å². The number of amides is 2. The number of hydrogen-bond acceptors (Lipinski definition) is 2. The number of anilines is 1. The first-order chi connectivity index (χ1) is 16.4. The fourth-order valence-corrected chi connectivity index (χ4v) is 4.29. The standard InChI is InChI=1S/C30H39N3O/c1-5-9-24-12-14-26(15-13-24)27-16-18-29(19-17-27)33(21-28(31)20-22(2)3)30(34)32-23(4)25-10-7-6-8-11-25/h6-8,10-19,22-23,28H,5,9,20-21,31H2,1-4H3,(H,32,34). The van der Waals surface area contributed by atoms with Crippen LogP contribution in [0.15, 0.2) is 78.9 Å². The number of nitrogens with two attached hydrogens (primary N) is 1. The Kier molecular flexibility index (Phi) is 9.29. The minimum Gasteiger partial charge on any atom is -0.331 e. The van der Waals surface area contributed by atoms with Crippen molar-refractivity contribution in [2.75, 3.05) is 11.4 Å². The summed E-state index contributed by atoms with van der Waals surface area (Å²) < 4.78 is 0. The van der Waals surface area contributed by atoms with Gasteiger partial charge < -0.3 is 11.1 Å². The van der Waals surface area contributed by atoms with Crippen molar-refractivity contribution in [3.8, 4) is 11.1 Å². The Morgan fingerprint density at radius 1 is 0.882 bits per heavy atom. The number of rotatable bonds is 10. The Hall–Kier alpha value is -3.11. The van der Waals surface area contributed by atoms with Crippen LogP contribution in [-0.4, -0.2) is 18.6 Å². The van der Waals surface area contributed by atoms with Crippen molar-refractivity contribution in [3.63, 3.8) is 0 Å². The van der Waals surface area contributed by atoms with Gasteiger partial charge in [0.1, 0.15) is 0 Å². The van der Waals surface area contributed by atoms with Crippen LogP contribution in [0.2, 0.25) is 0 Å². The Morgan fingerprint density at radius 2 is 1.47 bits per heavy atom. The second kappa shape index (κ2) is 12.4. The zero-order valence-corrected chi connectivity index (χ0v) is 21.0. The number of aryl methyl sites for hydroxylation is 1. The first kappa shape index (κ1) is 25.5. The number of carbonyl (C=O) groups excluding carboxylic acids is 1. The molecule has 3 N–H and O–H groups in total. The molecule has 0 aliphatic rings. The van der Waals surface area contributed by atoms with E-state index in [0.29, 0.717) is 12.5 Å². The van der Waals surface area contributed by atoms with Gasteiger partial charge in [0.05, 0.1) is 6.04 Å². The SMILES string of the molecule is CCCc1ccc(-c2ccc(N(CC(N)CC(C)C)C(=O)NC(C)c3ccccc3)cc2)cc1. The van der Waals surface area contributed by atoms with Crippen molar-refractivity contribution >= 4 is 11.7 Å². The highest BCUT2D eigenvalue weighted by Gasteiger charge is 2.21. The lowest BCUT2D eigenvalue weighted by atomic mass is 10.0. The lowest BCUT2D eigenvalue weighted by Crippen LogP contribution is -2.47. The maximum absolute atomic E-state index is 13.4. The minimum absolute atomic E-state index is 0.0939. The molecule has 0 aliphatic carbocycles. The maximum atomic E-state index is 13.4. The van der Waals surface area contributed by atoms with Crippen LogP contribution in [0.3, 0.4) is 0 Å². The number of urea groups is 1. The third-order valence-corrected chi connectivity index (χ3v) is 6.08. The second-order valence-electron chi connectivity index (χ2n) is 9.58. The molecule has 3 rings (SSSR count). The minimum atomic E-state index is -0.132.